The molecule has 1 heterocycles. The van der Waals surface area contributed by atoms with Crippen LogP contribution in [0.25, 0.3) is 5.76 Å². The molecule has 0 spiro atoms. The highest BCUT2D eigenvalue weighted by molar-refractivity contribution is 6.51. The van der Waals surface area contributed by atoms with Gasteiger partial charge < -0.3 is 14.6 Å². The van der Waals surface area contributed by atoms with Crippen molar-refractivity contribution in [2.45, 2.75) is 26.3 Å². The van der Waals surface area contributed by atoms with E-state index in [1.165, 1.54) is 18.2 Å². The second-order valence-electron chi connectivity index (χ2n) is 8.09. The minimum Gasteiger partial charge on any atom is -0.507 e. The maximum absolute atomic E-state index is 13.2. The van der Waals surface area contributed by atoms with Crippen LogP contribution in [0.2, 0.25) is 0 Å². The van der Waals surface area contributed by atoms with Crippen LogP contribution in [0.3, 0.4) is 0 Å². The van der Waals surface area contributed by atoms with Crippen LogP contribution in [0, 0.1) is 6.92 Å². The molecule has 0 aromatic heterocycles. The average Bonchev–Trinajstić information content (AvgIpc) is 3.08. The molecule has 1 aliphatic rings. The van der Waals surface area contributed by atoms with Gasteiger partial charge in [0.15, 0.2) is 0 Å². The van der Waals surface area contributed by atoms with E-state index in [4.69, 9.17) is 4.74 Å². The lowest BCUT2D eigenvalue weighted by molar-refractivity contribution is -0.274. The van der Waals surface area contributed by atoms with Gasteiger partial charge in [0.05, 0.1) is 18.2 Å². The van der Waals surface area contributed by atoms with Crippen molar-refractivity contribution in [3.05, 3.63) is 95.1 Å². The quantitative estimate of drug-likeness (QED) is 0.260. The standard InChI is InChI=1S/C27H22F3NO5/c1-3-35-20-11-5-9-18(14-20)24(32)22-23(17-8-4-7-16(2)13-17)31(26(34)25(22)33)19-10-6-12-21(15-19)36-27(28,29)30/h4-15,23,32H,3H2,1-2H3/b24-22+. The van der Waals surface area contributed by atoms with Crippen molar-refractivity contribution in [2.75, 3.05) is 11.5 Å². The summed E-state index contributed by atoms with van der Waals surface area (Å²) in [6.07, 6.45) is -4.94. The van der Waals surface area contributed by atoms with Gasteiger partial charge in [-0.25, -0.2) is 0 Å². The molecule has 1 fully saturated rings. The Morgan fingerprint density at radius 2 is 1.67 bits per heavy atom. The second-order valence-corrected chi connectivity index (χ2v) is 8.09. The van der Waals surface area contributed by atoms with Gasteiger partial charge in [0.1, 0.15) is 17.3 Å². The Kier molecular flexibility index (Phi) is 6.74. The van der Waals surface area contributed by atoms with E-state index in [0.29, 0.717) is 17.9 Å². The summed E-state index contributed by atoms with van der Waals surface area (Å²) in [5, 5.41) is 11.2. The van der Waals surface area contributed by atoms with Crippen LogP contribution in [0.4, 0.5) is 18.9 Å². The topological polar surface area (TPSA) is 76.1 Å². The number of carbonyl (C=O) groups is 2. The van der Waals surface area contributed by atoms with Crippen molar-refractivity contribution in [3.8, 4) is 11.5 Å². The first kappa shape index (κ1) is 24.8. The largest absolute Gasteiger partial charge is 0.573 e. The van der Waals surface area contributed by atoms with Gasteiger partial charge in [0.2, 0.25) is 0 Å². The molecule has 1 atom stereocenters. The molecule has 1 unspecified atom stereocenters. The van der Waals surface area contributed by atoms with Gasteiger partial charge in [0, 0.05) is 17.3 Å². The Balaban J connectivity index is 1.90. The number of benzene rings is 3. The molecule has 1 N–H and O–H groups in total. The Hall–Kier alpha value is -4.27. The average molecular weight is 497 g/mol. The number of nitrogens with zero attached hydrogens (tertiary/aromatic N) is 1. The van der Waals surface area contributed by atoms with Gasteiger partial charge in [0.25, 0.3) is 11.7 Å². The Morgan fingerprint density at radius 1 is 0.972 bits per heavy atom. The number of ketones is 1. The van der Waals surface area contributed by atoms with E-state index in [0.717, 1.165) is 22.6 Å². The first-order chi connectivity index (χ1) is 17.1. The number of alkyl halides is 3. The van der Waals surface area contributed by atoms with Crippen molar-refractivity contribution in [1.29, 1.82) is 0 Å². The summed E-state index contributed by atoms with van der Waals surface area (Å²) in [7, 11) is 0. The van der Waals surface area contributed by atoms with E-state index in [1.54, 1.807) is 43.3 Å². The molecule has 4 rings (SSSR count). The number of hydrogen-bond donors (Lipinski definition) is 1. The molecule has 1 saturated heterocycles. The van der Waals surface area contributed by atoms with E-state index in [2.05, 4.69) is 4.74 Å². The number of anilines is 1. The molecule has 6 nitrogen and oxygen atoms in total. The fourth-order valence-corrected chi connectivity index (χ4v) is 4.14. The van der Waals surface area contributed by atoms with Crippen molar-refractivity contribution in [2.24, 2.45) is 0 Å². The highest BCUT2D eigenvalue weighted by Crippen LogP contribution is 2.43. The molecule has 1 amide bonds. The van der Waals surface area contributed by atoms with Crippen LogP contribution < -0.4 is 14.4 Å². The minimum absolute atomic E-state index is 0.00692. The molecule has 0 bridgehead atoms. The number of rotatable bonds is 6. The predicted octanol–water partition coefficient (Wildman–Crippen LogP) is 5.92. The third-order valence-corrected chi connectivity index (χ3v) is 5.55. The number of halogens is 3. The number of carbonyl (C=O) groups excluding carboxylic acids is 2. The zero-order valence-corrected chi connectivity index (χ0v) is 19.4. The molecule has 1 aliphatic heterocycles. The van der Waals surface area contributed by atoms with Gasteiger partial charge in [-0.3, -0.25) is 14.5 Å². The summed E-state index contributed by atoms with van der Waals surface area (Å²) >= 11 is 0. The third-order valence-electron chi connectivity index (χ3n) is 5.55. The number of aliphatic hydroxyl groups excluding tert-OH is 1. The highest BCUT2D eigenvalue weighted by Gasteiger charge is 2.47. The van der Waals surface area contributed by atoms with Crippen LogP contribution in [0.5, 0.6) is 11.5 Å². The van der Waals surface area contributed by atoms with Crippen LogP contribution in [0.15, 0.2) is 78.4 Å². The first-order valence-corrected chi connectivity index (χ1v) is 11.1. The molecule has 36 heavy (non-hydrogen) atoms. The summed E-state index contributed by atoms with van der Waals surface area (Å²) in [6, 6.07) is 17.1. The number of hydrogen-bond acceptors (Lipinski definition) is 5. The number of ether oxygens (including phenoxy) is 2. The van der Waals surface area contributed by atoms with E-state index < -0.39 is 35.6 Å². The first-order valence-electron chi connectivity index (χ1n) is 11.1. The third kappa shape index (κ3) is 5.05. The Bertz CT molecular complexity index is 1350. The summed E-state index contributed by atoms with van der Waals surface area (Å²) in [4.78, 5) is 27.5. The molecule has 186 valence electrons. The summed E-state index contributed by atoms with van der Waals surface area (Å²) in [5.74, 6) is -2.48. The minimum atomic E-state index is -4.94. The van der Waals surface area contributed by atoms with Gasteiger partial charge >= 0.3 is 6.36 Å². The SMILES string of the molecule is CCOc1cccc(/C(O)=C2\C(=O)C(=O)N(c3cccc(OC(F)(F)F)c3)C2c2cccc(C)c2)c1. The molecular weight excluding hydrogens is 475 g/mol. The number of Topliss-reactive ketones (excluding diaryl/α,β-unsaturated/α-hetero) is 1. The summed E-state index contributed by atoms with van der Waals surface area (Å²) < 4.78 is 47.9. The van der Waals surface area contributed by atoms with Crippen LogP contribution in [-0.4, -0.2) is 29.8 Å². The molecule has 9 heteroatoms. The molecule has 3 aromatic carbocycles. The van der Waals surface area contributed by atoms with Crippen LogP contribution >= 0.6 is 0 Å². The molecule has 0 saturated carbocycles. The van der Waals surface area contributed by atoms with Crippen molar-refractivity contribution in [1.82, 2.24) is 0 Å². The Morgan fingerprint density at radius 3 is 2.36 bits per heavy atom. The molecule has 0 radical (unpaired) electrons. The van der Waals surface area contributed by atoms with Gasteiger partial charge in [-0.05, 0) is 43.7 Å². The van der Waals surface area contributed by atoms with E-state index >= 15 is 0 Å². The van der Waals surface area contributed by atoms with E-state index in [-0.39, 0.29) is 16.8 Å². The zero-order valence-electron chi connectivity index (χ0n) is 19.4. The summed E-state index contributed by atoms with van der Waals surface area (Å²) in [5.41, 5.74) is 1.39. The van der Waals surface area contributed by atoms with Gasteiger partial charge in [-0.2, -0.15) is 0 Å². The van der Waals surface area contributed by atoms with E-state index in [1.807, 2.05) is 13.0 Å². The smallest absolute Gasteiger partial charge is 0.507 e. The van der Waals surface area contributed by atoms with Crippen molar-refractivity contribution >= 4 is 23.1 Å². The predicted molar refractivity (Wildman–Crippen MR) is 127 cm³/mol. The lowest BCUT2D eigenvalue weighted by atomic mass is 9.94. The van der Waals surface area contributed by atoms with E-state index in [9.17, 15) is 27.9 Å². The van der Waals surface area contributed by atoms with Crippen molar-refractivity contribution in [3.63, 3.8) is 0 Å². The number of amides is 1. The lowest BCUT2D eigenvalue weighted by Crippen LogP contribution is -2.29. The zero-order chi connectivity index (χ0) is 26.0. The van der Waals surface area contributed by atoms with Crippen LogP contribution in [0.1, 0.15) is 29.7 Å². The summed E-state index contributed by atoms with van der Waals surface area (Å²) in [6.45, 7) is 4.00. The fraction of sp³-hybridized carbons (Fsp3) is 0.185. The number of aliphatic hydroxyl groups is 1. The fourth-order valence-electron chi connectivity index (χ4n) is 4.14. The normalized spacial score (nSPS) is 17.4. The Labute approximate surface area is 205 Å². The molecular formula is C27H22F3NO5. The molecule has 3 aromatic rings. The van der Waals surface area contributed by atoms with Crippen molar-refractivity contribution < 1.29 is 37.3 Å². The number of aryl methyl sites for hydroxylation is 1. The van der Waals surface area contributed by atoms with Gasteiger partial charge in [-0.1, -0.05) is 48.0 Å². The van der Waals surface area contributed by atoms with Crippen LogP contribution in [-0.2, 0) is 9.59 Å². The monoisotopic (exact) mass is 497 g/mol. The lowest BCUT2D eigenvalue weighted by Gasteiger charge is -2.26. The van der Waals surface area contributed by atoms with Gasteiger partial charge in [-0.15, -0.1) is 13.2 Å². The highest BCUT2D eigenvalue weighted by atomic mass is 19.4. The second kappa shape index (κ2) is 9.77. The maximum atomic E-state index is 13.2. The maximum Gasteiger partial charge on any atom is 0.573 e. The molecule has 0 aliphatic carbocycles.